The zero-order valence-electron chi connectivity index (χ0n) is 12.4. The molecule has 3 N–H and O–H groups in total. The van der Waals surface area contributed by atoms with Crippen LogP contribution in [0, 0.1) is 0 Å². The van der Waals surface area contributed by atoms with Crippen LogP contribution in [0.5, 0.6) is 0 Å². The van der Waals surface area contributed by atoms with E-state index < -0.39 is 0 Å². The second-order valence-corrected chi connectivity index (χ2v) is 4.81. The van der Waals surface area contributed by atoms with Gasteiger partial charge in [-0.1, -0.05) is 0 Å². The third kappa shape index (κ3) is 4.51. The Hall–Kier alpha value is -1.63. The van der Waals surface area contributed by atoms with Crippen molar-refractivity contribution in [1.82, 2.24) is 15.0 Å². The average Bonchev–Trinajstić information content (AvgIpc) is 2.37. The number of nitrogens with two attached hydrogens (primary N) is 1. The number of aromatic nitrogens is 3. The Labute approximate surface area is 114 Å². The number of nitrogen functional groups attached to an aromatic ring is 1. The van der Waals surface area contributed by atoms with E-state index >= 15 is 0 Å². The van der Waals surface area contributed by atoms with Crippen molar-refractivity contribution in [3.05, 3.63) is 0 Å². The van der Waals surface area contributed by atoms with Crippen LogP contribution in [0.2, 0.25) is 0 Å². The highest BCUT2D eigenvalue weighted by Gasteiger charge is 2.17. The van der Waals surface area contributed by atoms with Gasteiger partial charge in [0.15, 0.2) is 0 Å². The Morgan fingerprint density at radius 3 is 2.37 bits per heavy atom. The first-order valence-corrected chi connectivity index (χ1v) is 6.47. The van der Waals surface area contributed by atoms with Gasteiger partial charge >= 0.3 is 0 Å². The van der Waals surface area contributed by atoms with Crippen LogP contribution in [0.4, 0.5) is 17.8 Å². The summed E-state index contributed by atoms with van der Waals surface area (Å²) in [6, 6.07) is 0. The molecule has 1 aromatic heterocycles. The standard InChI is InChI=1S/C12H24N6O/c1-6-18(7-2)11-16-9(13)15-10(17-11)14-8-12(3,4)19-5/h6-8H2,1-5H3,(H3,13,14,15,16,17). The van der Waals surface area contributed by atoms with Crippen molar-refractivity contribution in [3.63, 3.8) is 0 Å². The molecule has 0 saturated carbocycles. The number of nitrogens with one attached hydrogen (secondary N) is 1. The molecule has 0 fully saturated rings. The first kappa shape index (κ1) is 15.4. The molecule has 0 saturated heterocycles. The maximum Gasteiger partial charge on any atom is 0.231 e. The molecule has 0 radical (unpaired) electrons. The van der Waals surface area contributed by atoms with E-state index in [1.807, 2.05) is 32.6 Å². The summed E-state index contributed by atoms with van der Waals surface area (Å²) in [4.78, 5) is 14.6. The van der Waals surface area contributed by atoms with Crippen LogP contribution < -0.4 is 16.0 Å². The molecule has 0 bridgehead atoms. The molecule has 0 aliphatic carbocycles. The number of hydrogen-bond donors (Lipinski definition) is 2. The van der Waals surface area contributed by atoms with E-state index in [9.17, 15) is 0 Å². The normalized spacial score (nSPS) is 11.4. The molecule has 1 heterocycles. The molecule has 108 valence electrons. The maximum atomic E-state index is 5.72. The molecular formula is C12H24N6O. The van der Waals surface area contributed by atoms with E-state index in [0.29, 0.717) is 18.4 Å². The lowest BCUT2D eigenvalue weighted by molar-refractivity contribution is 0.0342. The molecule has 0 aliphatic rings. The molecule has 0 unspecified atom stereocenters. The van der Waals surface area contributed by atoms with Gasteiger partial charge in [0.05, 0.1) is 5.60 Å². The second kappa shape index (κ2) is 6.51. The number of rotatable bonds is 7. The number of ether oxygens (including phenoxy) is 1. The summed E-state index contributed by atoms with van der Waals surface area (Å²) in [7, 11) is 1.67. The molecule has 7 nitrogen and oxygen atoms in total. The molecule has 0 aromatic carbocycles. The van der Waals surface area contributed by atoms with Crippen LogP contribution in [-0.2, 0) is 4.74 Å². The Morgan fingerprint density at radius 2 is 1.84 bits per heavy atom. The van der Waals surface area contributed by atoms with E-state index in [1.54, 1.807) is 7.11 Å². The van der Waals surface area contributed by atoms with Gasteiger partial charge in [-0.2, -0.15) is 15.0 Å². The molecule has 19 heavy (non-hydrogen) atoms. The summed E-state index contributed by atoms with van der Waals surface area (Å²) in [5.41, 5.74) is 5.42. The minimum absolute atomic E-state index is 0.217. The van der Waals surface area contributed by atoms with Gasteiger partial charge < -0.3 is 20.7 Å². The summed E-state index contributed by atoms with van der Waals surface area (Å²) in [6.07, 6.45) is 0. The summed E-state index contributed by atoms with van der Waals surface area (Å²) in [5, 5.41) is 3.13. The van der Waals surface area contributed by atoms with Gasteiger partial charge in [-0.05, 0) is 27.7 Å². The first-order valence-electron chi connectivity index (χ1n) is 6.47. The van der Waals surface area contributed by atoms with E-state index in [1.165, 1.54) is 0 Å². The lowest BCUT2D eigenvalue weighted by Gasteiger charge is -2.24. The quantitative estimate of drug-likeness (QED) is 0.766. The topological polar surface area (TPSA) is 89.2 Å². The highest BCUT2D eigenvalue weighted by molar-refractivity contribution is 5.41. The Kier molecular flexibility index (Phi) is 5.29. The SMILES string of the molecule is CCN(CC)c1nc(N)nc(NCC(C)(C)OC)n1. The first-order chi connectivity index (χ1) is 8.91. The summed E-state index contributed by atoms with van der Waals surface area (Å²) < 4.78 is 5.33. The molecule has 0 atom stereocenters. The van der Waals surface area contributed by atoms with Gasteiger partial charge in [0.1, 0.15) is 0 Å². The third-order valence-electron chi connectivity index (χ3n) is 2.91. The number of nitrogens with zero attached hydrogens (tertiary/aromatic N) is 4. The van der Waals surface area contributed by atoms with Gasteiger partial charge in [-0.25, -0.2) is 0 Å². The molecule has 1 aromatic rings. The van der Waals surface area contributed by atoms with E-state index in [0.717, 1.165) is 13.1 Å². The van der Waals surface area contributed by atoms with Crippen molar-refractivity contribution in [2.24, 2.45) is 0 Å². The van der Waals surface area contributed by atoms with Gasteiger partial charge in [-0.3, -0.25) is 0 Å². The zero-order valence-corrected chi connectivity index (χ0v) is 12.4. The summed E-state index contributed by atoms with van der Waals surface area (Å²) >= 11 is 0. The number of methoxy groups -OCH3 is 1. The molecule has 7 heteroatoms. The van der Waals surface area contributed by atoms with Gasteiger partial charge in [0, 0.05) is 26.7 Å². The fourth-order valence-corrected chi connectivity index (χ4v) is 1.47. The molecular weight excluding hydrogens is 244 g/mol. The van der Waals surface area contributed by atoms with Gasteiger partial charge in [-0.15, -0.1) is 0 Å². The van der Waals surface area contributed by atoms with Crippen molar-refractivity contribution >= 4 is 17.8 Å². The Morgan fingerprint density at radius 1 is 1.21 bits per heavy atom. The minimum Gasteiger partial charge on any atom is -0.377 e. The predicted octanol–water partition coefficient (Wildman–Crippen LogP) is 1.14. The van der Waals surface area contributed by atoms with Crippen LogP contribution in [0.15, 0.2) is 0 Å². The Bertz CT molecular complexity index is 405. The van der Waals surface area contributed by atoms with Gasteiger partial charge in [0.25, 0.3) is 0 Å². The van der Waals surface area contributed by atoms with Crippen molar-refractivity contribution < 1.29 is 4.74 Å². The minimum atomic E-state index is -0.295. The monoisotopic (exact) mass is 268 g/mol. The fraction of sp³-hybridized carbons (Fsp3) is 0.750. The number of anilines is 3. The lowest BCUT2D eigenvalue weighted by Crippen LogP contribution is -2.33. The molecule has 0 aliphatic heterocycles. The van der Waals surface area contributed by atoms with E-state index in [4.69, 9.17) is 10.5 Å². The summed E-state index contributed by atoms with van der Waals surface area (Å²) in [5.74, 6) is 1.28. The van der Waals surface area contributed by atoms with E-state index in [-0.39, 0.29) is 11.5 Å². The molecule has 1 rings (SSSR count). The zero-order chi connectivity index (χ0) is 14.5. The number of hydrogen-bond acceptors (Lipinski definition) is 7. The third-order valence-corrected chi connectivity index (χ3v) is 2.91. The van der Waals surface area contributed by atoms with Crippen molar-refractivity contribution in [1.29, 1.82) is 0 Å². The van der Waals surface area contributed by atoms with Crippen molar-refractivity contribution in [2.45, 2.75) is 33.3 Å². The highest BCUT2D eigenvalue weighted by atomic mass is 16.5. The largest absolute Gasteiger partial charge is 0.377 e. The van der Waals surface area contributed by atoms with Crippen LogP contribution >= 0.6 is 0 Å². The lowest BCUT2D eigenvalue weighted by atomic mass is 10.1. The van der Waals surface area contributed by atoms with E-state index in [2.05, 4.69) is 20.3 Å². The maximum absolute atomic E-state index is 5.72. The van der Waals surface area contributed by atoms with Crippen molar-refractivity contribution in [3.8, 4) is 0 Å². The van der Waals surface area contributed by atoms with Crippen LogP contribution in [0.3, 0.4) is 0 Å². The fourth-order valence-electron chi connectivity index (χ4n) is 1.47. The molecule has 0 amide bonds. The average molecular weight is 268 g/mol. The predicted molar refractivity (Wildman–Crippen MR) is 77.4 cm³/mol. The van der Waals surface area contributed by atoms with Crippen LogP contribution in [0.25, 0.3) is 0 Å². The Balaban J connectivity index is 2.85. The van der Waals surface area contributed by atoms with Crippen LogP contribution in [-0.4, -0.2) is 47.3 Å². The molecule has 0 spiro atoms. The van der Waals surface area contributed by atoms with Crippen molar-refractivity contribution in [2.75, 3.05) is 42.7 Å². The smallest absolute Gasteiger partial charge is 0.231 e. The van der Waals surface area contributed by atoms with Gasteiger partial charge in [0.2, 0.25) is 17.8 Å². The van der Waals surface area contributed by atoms with Crippen LogP contribution in [0.1, 0.15) is 27.7 Å². The summed E-state index contributed by atoms with van der Waals surface area (Å²) in [6.45, 7) is 10.3. The second-order valence-electron chi connectivity index (χ2n) is 4.81. The highest BCUT2D eigenvalue weighted by Crippen LogP contribution is 2.13.